The minimum absolute atomic E-state index is 0.0339. The molecule has 1 aliphatic rings. The molecule has 0 radical (unpaired) electrons. The number of nitrogens with one attached hydrogen (secondary N) is 1. The molecular formula is C15H14BrN3O2. The molecular weight excluding hydrogens is 334 g/mol. The van der Waals surface area contributed by atoms with Crippen molar-refractivity contribution in [1.82, 2.24) is 10.3 Å². The molecule has 3 rings (SSSR count). The van der Waals surface area contributed by atoms with Gasteiger partial charge in [-0.2, -0.15) is 0 Å². The topological polar surface area (TPSA) is 62.3 Å². The van der Waals surface area contributed by atoms with E-state index in [0.717, 1.165) is 15.4 Å². The SMILES string of the molecule is CCC1NC(=O)CN(c2cccc3cc(Br)cnc23)C1=O. The predicted octanol–water partition coefficient (Wildman–Crippen LogP) is 2.24. The van der Waals surface area contributed by atoms with E-state index in [2.05, 4.69) is 26.2 Å². The molecule has 1 aromatic carbocycles. The molecule has 0 bridgehead atoms. The number of nitrogens with zero attached hydrogens (tertiary/aromatic N) is 2. The van der Waals surface area contributed by atoms with Crippen molar-refractivity contribution in [2.45, 2.75) is 19.4 Å². The molecule has 1 unspecified atom stereocenters. The lowest BCUT2D eigenvalue weighted by molar-refractivity contribution is -0.131. The van der Waals surface area contributed by atoms with Crippen LogP contribution in [0.3, 0.4) is 0 Å². The molecule has 5 nitrogen and oxygen atoms in total. The van der Waals surface area contributed by atoms with Crippen molar-refractivity contribution in [3.05, 3.63) is 34.9 Å². The highest BCUT2D eigenvalue weighted by Gasteiger charge is 2.33. The van der Waals surface area contributed by atoms with Gasteiger partial charge in [0, 0.05) is 16.1 Å². The summed E-state index contributed by atoms with van der Waals surface area (Å²) in [5.41, 5.74) is 1.40. The first-order valence-corrected chi connectivity index (χ1v) is 7.54. The molecule has 1 aromatic heterocycles. The summed E-state index contributed by atoms with van der Waals surface area (Å²) < 4.78 is 0.876. The van der Waals surface area contributed by atoms with Crippen LogP contribution < -0.4 is 10.2 Å². The predicted molar refractivity (Wildman–Crippen MR) is 84.0 cm³/mol. The van der Waals surface area contributed by atoms with Crippen molar-refractivity contribution in [2.75, 3.05) is 11.4 Å². The summed E-state index contributed by atoms with van der Waals surface area (Å²) in [5.74, 6) is -0.232. The molecule has 108 valence electrons. The van der Waals surface area contributed by atoms with E-state index in [-0.39, 0.29) is 18.4 Å². The second-order valence-electron chi connectivity index (χ2n) is 4.96. The van der Waals surface area contributed by atoms with Crippen molar-refractivity contribution in [3.63, 3.8) is 0 Å². The molecule has 2 aromatic rings. The zero-order valence-electron chi connectivity index (χ0n) is 11.5. The number of benzene rings is 1. The number of carbonyl (C=O) groups is 2. The van der Waals surface area contributed by atoms with E-state index in [1.54, 1.807) is 6.20 Å². The highest BCUT2D eigenvalue weighted by atomic mass is 79.9. The molecule has 1 N–H and O–H groups in total. The van der Waals surface area contributed by atoms with E-state index in [1.165, 1.54) is 4.90 Å². The van der Waals surface area contributed by atoms with Gasteiger partial charge in [0.2, 0.25) is 11.8 Å². The van der Waals surface area contributed by atoms with Gasteiger partial charge >= 0.3 is 0 Å². The minimum Gasteiger partial charge on any atom is -0.343 e. The van der Waals surface area contributed by atoms with Crippen LogP contribution in [0.5, 0.6) is 0 Å². The third-order valence-corrected chi connectivity index (χ3v) is 3.99. The average Bonchev–Trinajstić information content (AvgIpc) is 2.48. The summed E-state index contributed by atoms with van der Waals surface area (Å²) in [6, 6.07) is 7.11. The molecule has 0 spiro atoms. The van der Waals surface area contributed by atoms with Gasteiger partial charge in [0.05, 0.1) is 11.2 Å². The molecule has 21 heavy (non-hydrogen) atoms. The summed E-state index contributed by atoms with van der Waals surface area (Å²) >= 11 is 3.39. The standard InChI is InChI=1S/C15H14BrN3O2/c1-2-11-15(21)19(8-13(20)18-11)12-5-3-4-9-6-10(16)7-17-14(9)12/h3-7,11H,2,8H2,1H3,(H,18,20). The Morgan fingerprint density at radius 3 is 3.00 bits per heavy atom. The van der Waals surface area contributed by atoms with Crippen LogP contribution in [-0.2, 0) is 9.59 Å². The Balaban J connectivity index is 2.11. The fourth-order valence-electron chi connectivity index (χ4n) is 2.53. The van der Waals surface area contributed by atoms with Crippen LogP contribution in [0.4, 0.5) is 5.69 Å². The number of pyridine rings is 1. The number of halogens is 1. The highest BCUT2D eigenvalue weighted by Crippen LogP contribution is 2.28. The summed E-state index contributed by atoms with van der Waals surface area (Å²) in [5, 5.41) is 3.64. The number of para-hydroxylation sites is 1. The number of carbonyl (C=O) groups excluding carboxylic acids is 2. The van der Waals surface area contributed by atoms with Gasteiger partial charge in [0.1, 0.15) is 12.6 Å². The van der Waals surface area contributed by atoms with Crippen molar-refractivity contribution < 1.29 is 9.59 Å². The van der Waals surface area contributed by atoms with Gasteiger partial charge < -0.3 is 5.32 Å². The Morgan fingerprint density at radius 2 is 2.24 bits per heavy atom. The van der Waals surface area contributed by atoms with E-state index in [4.69, 9.17) is 0 Å². The Bertz CT molecular complexity index is 732. The van der Waals surface area contributed by atoms with E-state index in [1.807, 2.05) is 31.2 Å². The van der Waals surface area contributed by atoms with Gasteiger partial charge in [-0.15, -0.1) is 0 Å². The average molecular weight is 348 g/mol. The molecule has 1 saturated heterocycles. The number of hydrogen-bond acceptors (Lipinski definition) is 3. The number of anilines is 1. The monoisotopic (exact) mass is 347 g/mol. The first-order valence-electron chi connectivity index (χ1n) is 6.75. The van der Waals surface area contributed by atoms with Gasteiger partial charge in [0.15, 0.2) is 0 Å². The Kier molecular flexibility index (Phi) is 3.63. The zero-order valence-corrected chi connectivity index (χ0v) is 13.1. The van der Waals surface area contributed by atoms with Gasteiger partial charge in [-0.05, 0) is 34.5 Å². The molecule has 0 aliphatic carbocycles. The molecule has 1 fully saturated rings. The smallest absolute Gasteiger partial charge is 0.250 e. The molecule has 1 atom stereocenters. The summed E-state index contributed by atoms with van der Waals surface area (Å²) in [7, 11) is 0. The first kappa shape index (κ1) is 14.0. The van der Waals surface area contributed by atoms with Crippen molar-refractivity contribution >= 4 is 44.3 Å². The second-order valence-corrected chi connectivity index (χ2v) is 5.87. The number of amides is 2. The number of hydrogen-bond donors (Lipinski definition) is 1. The van der Waals surface area contributed by atoms with Crippen molar-refractivity contribution in [2.24, 2.45) is 0 Å². The van der Waals surface area contributed by atoms with Crippen LogP contribution in [0.25, 0.3) is 10.9 Å². The molecule has 1 aliphatic heterocycles. The van der Waals surface area contributed by atoms with Crippen molar-refractivity contribution in [3.8, 4) is 0 Å². The fraction of sp³-hybridized carbons (Fsp3) is 0.267. The number of rotatable bonds is 2. The molecule has 2 heterocycles. The van der Waals surface area contributed by atoms with Crippen LogP contribution in [0.15, 0.2) is 34.9 Å². The maximum absolute atomic E-state index is 12.5. The number of fused-ring (bicyclic) bond motifs is 1. The van der Waals surface area contributed by atoms with Crippen LogP contribution in [0.1, 0.15) is 13.3 Å². The zero-order chi connectivity index (χ0) is 15.0. The Labute approximate surface area is 130 Å². The lowest BCUT2D eigenvalue weighted by Crippen LogP contribution is -2.58. The van der Waals surface area contributed by atoms with E-state index in [0.29, 0.717) is 12.1 Å². The van der Waals surface area contributed by atoms with Gasteiger partial charge in [-0.1, -0.05) is 19.1 Å². The number of piperazine rings is 1. The third kappa shape index (κ3) is 2.51. The molecule has 0 saturated carbocycles. The van der Waals surface area contributed by atoms with Crippen LogP contribution >= 0.6 is 15.9 Å². The Morgan fingerprint density at radius 1 is 1.43 bits per heavy atom. The summed E-state index contributed by atoms with van der Waals surface area (Å²) in [6.45, 7) is 1.91. The quantitative estimate of drug-likeness (QED) is 0.906. The lowest BCUT2D eigenvalue weighted by Gasteiger charge is -2.32. The molecule has 2 amide bonds. The number of aromatic nitrogens is 1. The maximum Gasteiger partial charge on any atom is 0.250 e. The summed E-state index contributed by atoms with van der Waals surface area (Å²) in [4.78, 5) is 30.2. The fourth-order valence-corrected chi connectivity index (χ4v) is 2.88. The maximum atomic E-state index is 12.5. The second kappa shape index (κ2) is 5.44. The van der Waals surface area contributed by atoms with E-state index >= 15 is 0 Å². The van der Waals surface area contributed by atoms with Gasteiger partial charge in [-0.3, -0.25) is 19.5 Å². The lowest BCUT2D eigenvalue weighted by atomic mass is 10.1. The van der Waals surface area contributed by atoms with Crippen LogP contribution in [0, 0.1) is 0 Å². The summed E-state index contributed by atoms with van der Waals surface area (Å²) in [6.07, 6.45) is 2.27. The third-order valence-electron chi connectivity index (χ3n) is 3.56. The first-order chi connectivity index (χ1) is 10.1. The van der Waals surface area contributed by atoms with Gasteiger partial charge in [0.25, 0.3) is 0 Å². The van der Waals surface area contributed by atoms with Crippen LogP contribution in [-0.4, -0.2) is 29.4 Å². The highest BCUT2D eigenvalue weighted by molar-refractivity contribution is 9.10. The van der Waals surface area contributed by atoms with Gasteiger partial charge in [-0.25, -0.2) is 0 Å². The van der Waals surface area contributed by atoms with Crippen molar-refractivity contribution in [1.29, 1.82) is 0 Å². The van der Waals surface area contributed by atoms with E-state index < -0.39 is 6.04 Å². The van der Waals surface area contributed by atoms with Crippen LogP contribution in [0.2, 0.25) is 0 Å². The Hall–Kier alpha value is -1.95. The minimum atomic E-state index is -0.461. The normalized spacial score (nSPS) is 19.0. The largest absolute Gasteiger partial charge is 0.343 e. The molecule has 6 heteroatoms. The van der Waals surface area contributed by atoms with E-state index in [9.17, 15) is 9.59 Å².